The smallest absolute Gasteiger partial charge is 0.339 e. The van der Waals surface area contributed by atoms with E-state index in [1.807, 2.05) is 0 Å². The molecule has 3 N–H and O–H groups in total. The lowest BCUT2D eigenvalue weighted by atomic mass is 9.54. The lowest BCUT2D eigenvalue weighted by molar-refractivity contribution is 0.0280. The number of carbonyl (C=O) groups is 1. The number of fused-ring (bicyclic) bond motifs is 1. The van der Waals surface area contributed by atoms with Crippen molar-refractivity contribution in [1.29, 1.82) is 0 Å². The lowest BCUT2D eigenvalue weighted by Crippen LogP contribution is -2.56. The molecule has 1 unspecified atom stereocenters. The Morgan fingerprint density at radius 3 is 2.71 bits per heavy atom. The highest BCUT2D eigenvalue weighted by molar-refractivity contribution is 9.10. The molecule has 0 saturated heterocycles. The molecule has 2 heterocycles. The third kappa shape index (κ3) is 2.10. The molecule has 5 atom stereocenters. The molecule has 126 valence electrons. The molecule has 2 aromatic rings. The topological polar surface area (TPSA) is 90.9 Å². The van der Waals surface area contributed by atoms with Crippen molar-refractivity contribution < 1.29 is 9.90 Å². The van der Waals surface area contributed by atoms with Crippen LogP contribution in [0.4, 0.5) is 5.69 Å². The van der Waals surface area contributed by atoms with Crippen molar-refractivity contribution in [3.8, 4) is 0 Å². The number of aromatic nitrogens is 3. The fraction of sp³-hybridized carbons (Fsp3) is 0.588. The maximum absolute atomic E-state index is 11.7. The van der Waals surface area contributed by atoms with Gasteiger partial charge in [-0.05, 0) is 49.9 Å². The van der Waals surface area contributed by atoms with Gasteiger partial charge in [0, 0.05) is 16.6 Å². The van der Waals surface area contributed by atoms with Crippen molar-refractivity contribution in [3.05, 3.63) is 18.1 Å². The molecule has 0 amide bonds. The molecule has 0 radical (unpaired) electrons. The van der Waals surface area contributed by atoms with Crippen molar-refractivity contribution in [2.75, 3.05) is 5.32 Å². The van der Waals surface area contributed by atoms with E-state index in [1.54, 1.807) is 6.33 Å². The number of pyridine rings is 1. The number of imidazole rings is 1. The molecule has 4 aliphatic rings. The molecular formula is C17H19BrN4O2. The fourth-order valence-electron chi connectivity index (χ4n) is 5.53. The first-order valence-corrected chi connectivity index (χ1v) is 9.32. The lowest BCUT2D eigenvalue weighted by Gasteiger charge is -2.58. The second-order valence-electron chi connectivity index (χ2n) is 7.74. The molecule has 4 bridgehead atoms. The number of rotatable bonds is 3. The number of hydrogen-bond donors (Lipinski definition) is 3. The molecule has 4 fully saturated rings. The molecule has 4 saturated carbocycles. The zero-order valence-electron chi connectivity index (χ0n) is 13.1. The highest BCUT2D eigenvalue weighted by Crippen LogP contribution is 2.59. The predicted molar refractivity (Wildman–Crippen MR) is 93.5 cm³/mol. The van der Waals surface area contributed by atoms with Gasteiger partial charge in [-0.25, -0.2) is 14.8 Å². The number of hydrogen-bond acceptors (Lipinski definition) is 4. The van der Waals surface area contributed by atoms with Crippen LogP contribution in [-0.4, -0.2) is 36.4 Å². The Morgan fingerprint density at radius 2 is 2.04 bits per heavy atom. The summed E-state index contributed by atoms with van der Waals surface area (Å²) < 4.78 is 0.317. The van der Waals surface area contributed by atoms with Gasteiger partial charge in [0.25, 0.3) is 0 Å². The second kappa shape index (κ2) is 4.94. The van der Waals surface area contributed by atoms with Gasteiger partial charge in [0.05, 0.1) is 12.0 Å². The standard InChI is InChI=1S/C17H19BrN4O2/c18-17-3-8-1-9(4-17)12(10(2-8)5-17)22-13-11(16(23)24)6-19-15-14(13)20-7-21-15/h6-10,12H,1-5H2,(H,23,24)(H2,19,20,21,22)/t8?,9-,10+,12-,17-. The number of H-pyrrole nitrogens is 1. The van der Waals surface area contributed by atoms with Crippen LogP contribution >= 0.6 is 15.9 Å². The Kier molecular flexibility index (Phi) is 3.02. The van der Waals surface area contributed by atoms with E-state index in [0.717, 1.165) is 5.92 Å². The van der Waals surface area contributed by atoms with Crippen molar-refractivity contribution in [2.45, 2.75) is 42.5 Å². The van der Waals surface area contributed by atoms with E-state index in [4.69, 9.17) is 0 Å². The van der Waals surface area contributed by atoms with Gasteiger partial charge in [-0.3, -0.25) is 0 Å². The van der Waals surface area contributed by atoms with Crippen LogP contribution in [0.1, 0.15) is 42.5 Å². The normalized spacial score (nSPS) is 37.0. The number of aromatic amines is 1. The Hall–Kier alpha value is -1.63. The molecular weight excluding hydrogens is 372 g/mol. The Bertz CT molecular complexity index is 819. The Morgan fingerprint density at radius 1 is 1.29 bits per heavy atom. The zero-order chi connectivity index (χ0) is 16.5. The van der Waals surface area contributed by atoms with Gasteiger partial charge in [-0.2, -0.15) is 0 Å². The Labute approximate surface area is 147 Å². The molecule has 6 rings (SSSR count). The summed E-state index contributed by atoms with van der Waals surface area (Å²) in [6.07, 6.45) is 9.14. The van der Waals surface area contributed by atoms with Crippen LogP contribution < -0.4 is 5.32 Å². The average molecular weight is 391 g/mol. The van der Waals surface area contributed by atoms with E-state index in [2.05, 4.69) is 36.2 Å². The summed E-state index contributed by atoms with van der Waals surface area (Å²) >= 11 is 3.99. The van der Waals surface area contributed by atoms with Crippen LogP contribution in [0.15, 0.2) is 12.5 Å². The van der Waals surface area contributed by atoms with Crippen LogP contribution in [0.3, 0.4) is 0 Å². The van der Waals surface area contributed by atoms with Gasteiger partial charge in [0.2, 0.25) is 0 Å². The van der Waals surface area contributed by atoms with Crippen LogP contribution in [-0.2, 0) is 0 Å². The number of carboxylic acids is 1. The zero-order valence-corrected chi connectivity index (χ0v) is 14.7. The van der Waals surface area contributed by atoms with Gasteiger partial charge in [0.15, 0.2) is 5.65 Å². The second-order valence-corrected chi connectivity index (χ2v) is 9.42. The summed E-state index contributed by atoms with van der Waals surface area (Å²) in [5.41, 5.74) is 2.08. The molecule has 4 aliphatic carbocycles. The third-order valence-corrected chi connectivity index (χ3v) is 7.16. The van der Waals surface area contributed by atoms with Gasteiger partial charge in [0.1, 0.15) is 11.1 Å². The highest BCUT2D eigenvalue weighted by Gasteiger charge is 2.54. The summed E-state index contributed by atoms with van der Waals surface area (Å²) in [4.78, 5) is 23.1. The number of nitrogens with zero attached hydrogens (tertiary/aromatic N) is 2. The minimum absolute atomic E-state index is 0.206. The van der Waals surface area contributed by atoms with Crippen molar-refractivity contribution in [1.82, 2.24) is 15.0 Å². The minimum atomic E-state index is -0.962. The summed E-state index contributed by atoms with van der Waals surface area (Å²) in [6.45, 7) is 0. The van der Waals surface area contributed by atoms with Crippen LogP contribution in [0.2, 0.25) is 0 Å². The number of nitrogens with one attached hydrogen (secondary N) is 2. The maximum Gasteiger partial charge on any atom is 0.339 e. The summed E-state index contributed by atoms with van der Waals surface area (Å²) in [5, 5.41) is 13.2. The number of anilines is 1. The minimum Gasteiger partial charge on any atom is -0.478 e. The molecule has 6 nitrogen and oxygen atoms in total. The Balaban J connectivity index is 1.54. The van der Waals surface area contributed by atoms with Gasteiger partial charge < -0.3 is 15.4 Å². The van der Waals surface area contributed by atoms with Crippen molar-refractivity contribution >= 4 is 38.8 Å². The number of carboxylic acid groups (broad SMARTS) is 1. The first-order valence-electron chi connectivity index (χ1n) is 8.53. The van der Waals surface area contributed by atoms with Crippen molar-refractivity contribution in [3.63, 3.8) is 0 Å². The van der Waals surface area contributed by atoms with E-state index >= 15 is 0 Å². The van der Waals surface area contributed by atoms with Crippen LogP contribution in [0, 0.1) is 17.8 Å². The first kappa shape index (κ1) is 14.7. The summed E-state index contributed by atoms with van der Waals surface area (Å²) in [5.74, 6) is 1.05. The van der Waals surface area contributed by atoms with Crippen molar-refractivity contribution in [2.24, 2.45) is 17.8 Å². The molecule has 7 heteroatoms. The molecule has 0 aromatic carbocycles. The molecule has 2 aromatic heterocycles. The predicted octanol–water partition coefficient (Wildman–Crippen LogP) is 3.41. The fourth-order valence-corrected chi connectivity index (χ4v) is 6.82. The first-order chi connectivity index (χ1) is 11.5. The molecule has 0 aliphatic heterocycles. The monoisotopic (exact) mass is 390 g/mol. The quantitative estimate of drug-likeness (QED) is 0.698. The van der Waals surface area contributed by atoms with Crippen LogP contribution in [0.25, 0.3) is 11.2 Å². The number of alkyl halides is 1. The van der Waals surface area contributed by atoms with Gasteiger partial charge in [-0.15, -0.1) is 0 Å². The molecule has 0 spiro atoms. The van der Waals surface area contributed by atoms with Gasteiger partial charge in [-0.1, -0.05) is 15.9 Å². The average Bonchev–Trinajstić information content (AvgIpc) is 2.97. The van der Waals surface area contributed by atoms with Crippen LogP contribution in [0.5, 0.6) is 0 Å². The highest BCUT2D eigenvalue weighted by atomic mass is 79.9. The maximum atomic E-state index is 11.7. The van der Waals surface area contributed by atoms with E-state index in [-0.39, 0.29) is 5.56 Å². The largest absolute Gasteiger partial charge is 0.478 e. The molecule has 24 heavy (non-hydrogen) atoms. The summed E-state index contributed by atoms with van der Waals surface area (Å²) in [6, 6.07) is 0.327. The van der Waals surface area contributed by atoms with E-state index in [0.29, 0.717) is 39.1 Å². The van der Waals surface area contributed by atoms with E-state index in [1.165, 1.54) is 38.3 Å². The number of aromatic carboxylic acids is 1. The SMILES string of the molecule is O=C(O)c1cnc2[nH]cnc2c1N[C@@H]1[C@@H]2CC3C[C@H]1C[C@@](Br)(C3)C2. The number of halogens is 1. The third-order valence-electron chi connectivity index (χ3n) is 6.19. The summed E-state index contributed by atoms with van der Waals surface area (Å²) in [7, 11) is 0. The van der Waals surface area contributed by atoms with E-state index in [9.17, 15) is 9.90 Å². The van der Waals surface area contributed by atoms with E-state index < -0.39 is 5.97 Å². The van der Waals surface area contributed by atoms with Gasteiger partial charge >= 0.3 is 5.97 Å².